The van der Waals surface area contributed by atoms with Gasteiger partial charge in [0.1, 0.15) is 0 Å². The number of ether oxygens (including phenoxy) is 1. The Labute approximate surface area is 107 Å². The molecule has 0 fully saturated rings. The van der Waals surface area contributed by atoms with E-state index in [9.17, 15) is 4.79 Å². The third-order valence-electron chi connectivity index (χ3n) is 1.81. The van der Waals surface area contributed by atoms with Crippen molar-refractivity contribution in [3.8, 4) is 5.75 Å². The van der Waals surface area contributed by atoms with Crippen molar-refractivity contribution in [2.45, 2.75) is 13.0 Å². The van der Waals surface area contributed by atoms with Gasteiger partial charge in [0.2, 0.25) is 0 Å². The molecule has 1 aromatic carbocycles. The van der Waals surface area contributed by atoms with E-state index in [2.05, 4.69) is 0 Å². The van der Waals surface area contributed by atoms with Gasteiger partial charge in [0.05, 0.1) is 0 Å². The van der Waals surface area contributed by atoms with Gasteiger partial charge >= 0.3 is 107 Å². The van der Waals surface area contributed by atoms with E-state index in [1.54, 1.807) is 23.7 Å². The molecular formula is C10H11Cl2NO2Ru. The van der Waals surface area contributed by atoms with Crippen LogP contribution in [-0.2, 0) is 18.3 Å². The first-order chi connectivity index (χ1) is 7.50. The second-order valence-electron chi connectivity index (χ2n) is 3.01. The summed E-state index contributed by atoms with van der Waals surface area (Å²) < 4.78 is 7.17. The number of benzene rings is 1. The summed E-state index contributed by atoms with van der Waals surface area (Å²) in [6, 6.07) is 7.23. The van der Waals surface area contributed by atoms with Crippen LogP contribution in [0.3, 0.4) is 0 Å². The number of carbonyl (C=O) groups excluding carboxylic acids is 1. The maximum atomic E-state index is 10.9. The van der Waals surface area contributed by atoms with Crippen LogP contribution in [0.4, 0.5) is 0 Å². The molecule has 1 amide bonds. The van der Waals surface area contributed by atoms with Crippen LogP contribution >= 0.6 is 19.4 Å². The third-order valence-corrected chi connectivity index (χ3v) is 3.64. The van der Waals surface area contributed by atoms with Crippen molar-refractivity contribution in [2.24, 2.45) is 5.73 Å². The molecule has 0 radical (unpaired) electrons. The van der Waals surface area contributed by atoms with Gasteiger partial charge in [0.15, 0.2) is 0 Å². The Morgan fingerprint density at radius 1 is 1.50 bits per heavy atom. The van der Waals surface area contributed by atoms with Crippen molar-refractivity contribution >= 4 is 29.9 Å². The standard InChI is InChI=1S/C10H11NO2.2ClH.Ru/c1-7-5-3-4-6-9(7)13-8(2)10(11)12;;;/h1,3-6,8H,2H3,(H2,11,12);2*1H;/q;;;+2/p-2. The van der Waals surface area contributed by atoms with Crippen molar-refractivity contribution in [1.29, 1.82) is 0 Å². The van der Waals surface area contributed by atoms with Crippen molar-refractivity contribution in [3.63, 3.8) is 0 Å². The molecule has 0 aromatic heterocycles. The summed E-state index contributed by atoms with van der Waals surface area (Å²) in [5.41, 5.74) is 5.91. The first kappa shape index (κ1) is 13.6. The number of amides is 1. The molecule has 0 saturated heterocycles. The number of nitrogens with two attached hydrogens (primary N) is 1. The number of halogens is 2. The molecule has 90 valence electrons. The van der Waals surface area contributed by atoms with E-state index >= 15 is 0 Å². The van der Waals surface area contributed by atoms with E-state index in [0.717, 1.165) is 5.56 Å². The number of para-hydroxylation sites is 1. The van der Waals surface area contributed by atoms with E-state index in [4.69, 9.17) is 29.9 Å². The fraction of sp³-hybridized carbons (Fsp3) is 0.200. The number of hydrogen-bond donors (Lipinski definition) is 1. The van der Waals surface area contributed by atoms with Gasteiger partial charge in [-0.3, -0.25) is 0 Å². The van der Waals surface area contributed by atoms with Crippen molar-refractivity contribution in [1.82, 2.24) is 0 Å². The van der Waals surface area contributed by atoms with E-state index in [0.29, 0.717) is 5.75 Å². The molecule has 1 aromatic rings. The molecule has 16 heavy (non-hydrogen) atoms. The minimum atomic E-state index is -1.91. The summed E-state index contributed by atoms with van der Waals surface area (Å²) in [7, 11) is 11.6. The van der Waals surface area contributed by atoms with Crippen LogP contribution in [-0.4, -0.2) is 16.6 Å². The number of rotatable bonds is 4. The van der Waals surface area contributed by atoms with Crippen LogP contribution in [0.5, 0.6) is 5.75 Å². The van der Waals surface area contributed by atoms with Crippen molar-refractivity contribution in [2.75, 3.05) is 0 Å². The van der Waals surface area contributed by atoms with Gasteiger partial charge in [0, 0.05) is 0 Å². The van der Waals surface area contributed by atoms with Gasteiger partial charge < -0.3 is 0 Å². The molecule has 1 rings (SSSR count). The molecule has 0 aliphatic carbocycles. The number of carbonyl (C=O) groups is 1. The second-order valence-corrected chi connectivity index (χ2v) is 8.73. The maximum absolute atomic E-state index is 10.9. The molecule has 0 aliphatic heterocycles. The minimum absolute atomic E-state index is 0.513. The Hall–Kier alpha value is -0.437. The zero-order valence-electron chi connectivity index (χ0n) is 8.47. The molecular weight excluding hydrogens is 338 g/mol. The predicted octanol–water partition coefficient (Wildman–Crippen LogP) is 2.02. The molecule has 0 bridgehead atoms. The normalized spacial score (nSPS) is 12.8. The average Bonchev–Trinajstić information content (AvgIpc) is 2.20. The van der Waals surface area contributed by atoms with Crippen molar-refractivity contribution < 1.29 is 23.0 Å². The molecule has 1 atom stereocenters. The monoisotopic (exact) mass is 349 g/mol. The van der Waals surface area contributed by atoms with Crippen LogP contribution in [0.2, 0.25) is 0 Å². The number of hydrogen-bond acceptors (Lipinski definition) is 2. The van der Waals surface area contributed by atoms with E-state index < -0.39 is 25.5 Å². The molecule has 0 heterocycles. The molecule has 2 N–H and O–H groups in total. The van der Waals surface area contributed by atoms with Gasteiger partial charge in [0.25, 0.3) is 0 Å². The van der Waals surface area contributed by atoms with Gasteiger partial charge in [-0.25, -0.2) is 0 Å². The van der Waals surface area contributed by atoms with Crippen LogP contribution < -0.4 is 10.5 Å². The van der Waals surface area contributed by atoms with Gasteiger partial charge in [-0.15, -0.1) is 0 Å². The first-order valence-electron chi connectivity index (χ1n) is 4.39. The molecule has 3 nitrogen and oxygen atoms in total. The fourth-order valence-electron chi connectivity index (χ4n) is 1.00. The first-order valence-corrected chi connectivity index (χ1v) is 9.87. The number of primary amides is 1. The van der Waals surface area contributed by atoms with Gasteiger partial charge in [-0.05, 0) is 0 Å². The molecule has 0 spiro atoms. The predicted molar refractivity (Wildman–Crippen MR) is 62.6 cm³/mol. The third kappa shape index (κ3) is 4.21. The Morgan fingerprint density at radius 2 is 2.12 bits per heavy atom. The Morgan fingerprint density at radius 3 is 2.69 bits per heavy atom. The van der Waals surface area contributed by atoms with Gasteiger partial charge in [-0.1, -0.05) is 0 Å². The van der Waals surface area contributed by atoms with Gasteiger partial charge in [-0.2, -0.15) is 0 Å². The van der Waals surface area contributed by atoms with Crippen LogP contribution in [0.1, 0.15) is 12.5 Å². The topological polar surface area (TPSA) is 52.3 Å². The van der Waals surface area contributed by atoms with E-state index in [-0.39, 0.29) is 0 Å². The fourth-order valence-corrected chi connectivity index (χ4v) is 2.81. The summed E-state index contributed by atoms with van der Waals surface area (Å²) in [4.78, 5) is 10.9. The van der Waals surface area contributed by atoms with E-state index in [1.165, 1.54) is 0 Å². The van der Waals surface area contributed by atoms with Crippen molar-refractivity contribution in [3.05, 3.63) is 29.8 Å². The second kappa shape index (κ2) is 6.34. The zero-order valence-corrected chi connectivity index (χ0v) is 11.7. The van der Waals surface area contributed by atoms with E-state index in [1.807, 2.05) is 12.1 Å². The molecule has 6 heteroatoms. The Kier molecular flexibility index (Phi) is 5.40. The SMILES string of the molecule is CC(Oc1ccccc1[CH]=[Ru]([Cl])[Cl])C(N)=O. The molecule has 1 unspecified atom stereocenters. The Balaban J connectivity index is 2.95. The quantitative estimate of drug-likeness (QED) is 0.846. The van der Waals surface area contributed by atoms with Crippen LogP contribution in [0.25, 0.3) is 0 Å². The molecule has 0 aliphatic rings. The summed E-state index contributed by atoms with van der Waals surface area (Å²) >= 11 is -1.91. The van der Waals surface area contributed by atoms with Crippen LogP contribution in [0.15, 0.2) is 24.3 Å². The summed E-state index contributed by atoms with van der Waals surface area (Å²) in [6.07, 6.45) is -0.680. The zero-order chi connectivity index (χ0) is 12.1. The molecule has 0 saturated carbocycles. The Bertz CT molecular complexity index is 419. The summed E-state index contributed by atoms with van der Waals surface area (Å²) in [5, 5.41) is 0. The summed E-state index contributed by atoms with van der Waals surface area (Å²) in [5.74, 6) is 0.0505. The summed E-state index contributed by atoms with van der Waals surface area (Å²) in [6.45, 7) is 1.59. The van der Waals surface area contributed by atoms with Crippen LogP contribution in [0, 0.1) is 0 Å². The average molecular weight is 349 g/mol.